The highest BCUT2D eigenvalue weighted by molar-refractivity contribution is 6.30. The Balaban J connectivity index is 1.64. The van der Waals surface area contributed by atoms with E-state index < -0.39 is 0 Å². The molecular formula is C14H18ClFN2O. The largest absolute Gasteiger partial charge is 0.378 e. The summed E-state index contributed by atoms with van der Waals surface area (Å²) in [5, 5.41) is 0.451. The zero-order valence-electron chi connectivity index (χ0n) is 10.8. The SMILES string of the molecule is Fc1cc(Cl)ccc1CN1CCN2CCOC[C@H]2C1. The predicted molar refractivity (Wildman–Crippen MR) is 72.9 cm³/mol. The summed E-state index contributed by atoms with van der Waals surface area (Å²) in [4.78, 5) is 4.76. The third-order valence-electron chi connectivity index (χ3n) is 3.93. The summed E-state index contributed by atoms with van der Waals surface area (Å²) in [6, 6.07) is 5.37. The molecule has 104 valence electrons. The van der Waals surface area contributed by atoms with Gasteiger partial charge in [-0.15, -0.1) is 0 Å². The van der Waals surface area contributed by atoms with E-state index in [9.17, 15) is 4.39 Å². The Morgan fingerprint density at radius 3 is 3.05 bits per heavy atom. The fraction of sp³-hybridized carbons (Fsp3) is 0.571. The molecule has 0 aromatic heterocycles. The first-order valence-electron chi connectivity index (χ1n) is 6.70. The molecule has 5 heteroatoms. The predicted octanol–water partition coefficient (Wildman–Crippen LogP) is 2.00. The van der Waals surface area contributed by atoms with Crippen molar-refractivity contribution >= 4 is 11.6 Å². The van der Waals surface area contributed by atoms with E-state index in [0.717, 1.165) is 45.0 Å². The first-order chi connectivity index (χ1) is 9.22. The van der Waals surface area contributed by atoms with Crippen molar-refractivity contribution < 1.29 is 9.13 Å². The van der Waals surface area contributed by atoms with Gasteiger partial charge in [0.2, 0.25) is 0 Å². The lowest BCUT2D eigenvalue weighted by molar-refractivity contribution is -0.0463. The molecule has 0 spiro atoms. The van der Waals surface area contributed by atoms with Gasteiger partial charge in [0.15, 0.2) is 0 Å². The molecule has 0 radical (unpaired) electrons. The number of hydrogen-bond donors (Lipinski definition) is 0. The number of benzene rings is 1. The maximum atomic E-state index is 13.8. The van der Waals surface area contributed by atoms with Crippen LogP contribution in [0.4, 0.5) is 4.39 Å². The summed E-state index contributed by atoms with van der Waals surface area (Å²) >= 11 is 5.77. The zero-order valence-corrected chi connectivity index (χ0v) is 11.6. The van der Waals surface area contributed by atoms with Gasteiger partial charge in [-0.05, 0) is 12.1 Å². The average molecular weight is 285 g/mol. The molecule has 2 aliphatic heterocycles. The molecular weight excluding hydrogens is 267 g/mol. The Morgan fingerprint density at radius 1 is 1.32 bits per heavy atom. The van der Waals surface area contributed by atoms with Crippen LogP contribution in [0.3, 0.4) is 0 Å². The van der Waals surface area contributed by atoms with E-state index in [0.29, 0.717) is 17.6 Å². The van der Waals surface area contributed by atoms with Crippen LogP contribution < -0.4 is 0 Å². The summed E-state index contributed by atoms with van der Waals surface area (Å²) in [6.45, 7) is 6.27. The Morgan fingerprint density at radius 2 is 2.21 bits per heavy atom. The van der Waals surface area contributed by atoms with Crippen molar-refractivity contribution in [1.29, 1.82) is 0 Å². The monoisotopic (exact) mass is 284 g/mol. The van der Waals surface area contributed by atoms with Crippen LogP contribution >= 0.6 is 11.6 Å². The van der Waals surface area contributed by atoms with Crippen molar-refractivity contribution in [2.75, 3.05) is 39.4 Å². The number of piperazine rings is 1. The van der Waals surface area contributed by atoms with Gasteiger partial charge >= 0.3 is 0 Å². The van der Waals surface area contributed by atoms with Crippen molar-refractivity contribution in [2.24, 2.45) is 0 Å². The van der Waals surface area contributed by atoms with Crippen molar-refractivity contribution in [3.05, 3.63) is 34.6 Å². The number of nitrogens with zero attached hydrogens (tertiary/aromatic N) is 2. The minimum absolute atomic E-state index is 0.213. The summed E-state index contributed by atoms with van der Waals surface area (Å²) in [6.07, 6.45) is 0. The summed E-state index contributed by atoms with van der Waals surface area (Å²) in [5.74, 6) is -0.213. The minimum atomic E-state index is -0.213. The van der Waals surface area contributed by atoms with Gasteiger partial charge in [-0.25, -0.2) is 4.39 Å². The lowest BCUT2D eigenvalue weighted by atomic mass is 10.1. The van der Waals surface area contributed by atoms with Gasteiger partial charge in [0.1, 0.15) is 5.82 Å². The van der Waals surface area contributed by atoms with Crippen LogP contribution in [0.15, 0.2) is 18.2 Å². The first kappa shape index (κ1) is 13.3. The van der Waals surface area contributed by atoms with E-state index in [1.54, 1.807) is 12.1 Å². The van der Waals surface area contributed by atoms with E-state index in [1.807, 2.05) is 0 Å². The molecule has 2 saturated heterocycles. The molecule has 0 aliphatic carbocycles. The number of hydrogen-bond acceptors (Lipinski definition) is 3. The number of rotatable bonds is 2. The molecule has 3 nitrogen and oxygen atoms in total. The highest BCUT2D eigenvalue weighted by Gasteiger charge is 2.29. The van der Waals surface area contributed by atoms with Gasteiger partial charge < -0.3 is 4.74 Å². The molecule has 0 unspecified atom stereocenters. The molecule has 2 fully saturated rings. The molecule has 0 saturated carbocycles. The smallest absolute Gasteiger partial charge is 0.129 e. The van der Waals surface area contributed by atoms with Crippen molar-refractivity contribution in [2.45, 2.75) is 12.6 Å². The normalized spacial score (nSPS) is 25.3. The Hall–Kier alpha value is -0.680. The summed E-state index contributed by atoms with van der Waals surface area (Å²) in [5.41, 5.74) is 0.717. The zero-order chi connectivity index (χ0) is 13.2. The third-order valence-corrected chi connectivity index (χ3v) is 4.17. The van der Waals surface area contributed by atoms with Gasteiger partial charge in [0, 0.05) is 49.4 Å². The molecule has 2 aliphatic rings. The Kier molecular flexibility index (Phi) is 4.03. The molecule has 19 heavy (non-hydrogen) atoms. The number of fused-ring (bicyclic) bond motifs is 1. The van der Waals surface area contributed by atoms with Gasteiger partial charge in [-0.2, -0.15) is 0 Å². The maximum Gasteiger partial charge on any atom is 0.129 e. The number of ether oxygens (including phenoxy) is 1. The summed E-state index contributed by atoms with van der Waals surface area (Å²) < 4.78 is 19.3. The van der Waals surface area contributed by atoms with E-state index in [4.69, 9.17) is 16.3 Å². The van der Waals surface area contributed by atoms with Crippen LogP contribution in [0.2, 0.25) is 5.02 Å². The van der Waals surface area contributed by atoms with Crippen LogP contribution in [0.25, 0.3) is 0 Å². The number of morpholine rings is 1. The molecule has 2 heterocycles. The Bertz CT molecular complexity index is 457. The van der Waals surface area contributed by atoms with Gasteiger partial charge in [0.25, 0.3) is 0 Å². The van der Waals surface area contributed by atoms with E-state index in [1.165, 1.54) is 6.07 Å². The highest BCUT2D eigenvalue weighted by Crippen LogP contribution is 2.19. The molecule has 0 bridgehead atoms. The van der Waals surface area contributed by atoms with Crippen LogP contribution in [-0.4, -0.2) is 55.2 Å². The first-order valence-corrected chi connectivity index (χ1v) is 7.08. The standard InChI is InChI=1S/C14H18ClFN2O/c15-12-2-1-11(14(16)7-12)8-17-3-4-18-5-6-19-10-13(18)9-17/h1-2,7,13H,3-6,8-10H2/t13-/m1/s1. The van der Waals surface area contributed by atoms with Crippen LogP contribution in [0, 0.1) is 5.82 Å². The molecule has 1 aromatic carbocycles. The van der Waals surface area contributed by atoms with Gasteiger partial charge in [-0.1, -0.05) is 17.7 Å². The van der Waals surface area contributed by atoms with Gasteiger partial charge in [0.05, 0.1) is 13.2 Å². The van der Waals surface area contributed by atoms with E-state index in [2.05, 4.69) is 9.80 Å². The molecule has 3 rings (SSSR count). The molecule has 1 aromatic rings. The van der Waals surface area contributed by atoms with Crippen molar-refractivity contribution in [1.82, 2.24) is 9.80 Å². The molecule has 0 amide bonds. The van der Waals surface area contributed by atoms with E-state index >= 15 is 0 Å². The third kappa shape index (κ3) is 3.08. The molecule has 0 N–H and O–H groups in total. The second-order valence-electron chi connectivity index (χ2n) is 5.24. The molecule has 1 atom stereocenters. The van der Waals surface area contributed by atoms with Crippen molar-refractivity contribution in [3.63, 3.8) is 0 Å². The number of halogens is 2. The average Bonchev–Trinajstić information content (AvgIpc) is 2.42. The van der Waals surface area contributed by atoms with E-state index in [-0.39, 0.29) is 5.82 Å². The highest BCUT2D eigenvalue weighted by atomic mass is 35.5. The topological polar surface area (TPSA) is 15.7 Å². The quantitative estimate of drug-likeness (QED) is 0.826. The van der Waals surface area contributed by atoms with Crippen LogP contribution in [0.1, 0.15) is 5.56 Å². The fourth-order valence-electron chi connectivity index (χ4n) is 2.85. The maximum absolute atomic E-state index is 13.8. The minimum Gasteiger partial charge on any atom is -0.378 e. The lowest BCUT2D eigenvalue weighted by Gasteiger charge is -2.43. The van der Waals surface area contributed by atoms with Crippen molar-refractivity contribution in [3.8, 4) is 0 Å². The van der Waals surface area contributed by atoms with Crippen LogP contribution in [0.5, 0.6) is 0 Å². The Labute approximate surface area is 117 Å². The second-order valence-corrected chi connectivity index (χ2v) is 5.67. The van der Waals surface area contributed by atoms with Crippen LogP contribution in [-0.2, 0) is 11.3 Å². The fourth-order valence-corrected chi connectivity index (χ4v) is 3.00. The summed E-state index contributed by atoms with van der Waals surface area (Å²) in [7, 11) is 0. The lowest BCUT2D eigenvalue weighted by Crippen LogP contribution is -2.57. The van der Waals surface area contributed by atoms with Gasteiger partial charge in [-0.3, -0.25) is 9.80 Å². The second kappa shape index (κ2) is 5.75.